The zero-order valence-electron chi connectivity index (χ0n) is 14.6. The van der Waals surface area contributed by atoms with Crippen LogP contribution in [0.5, 0.6) is 0 Å². The molecule has 146 valence electrons. The average Bonchev–Trinajstić information content (AvgIpc) is 2.69. The number of hydrogen-bond acceptors (Lipinski definition) is 4. The highest BCUT2D eigenvalue weighted by molar-refractivity contribution is 6.34. The maximum absolute atomic E-state index is 12.5. The van der Waals surface area contributed by atoms with Gasteiger partial charge in [0.1, 0.15) is 0 Å². The van der Waals surface area contributed by atoms with Gasteiger partial charge in [-0.25, -0.2) is 4.79 Å². The Morgan fingerprint density at radius 2 is 1.68 bits per heavy atom. The third-order valence-electron chi connectivity index (χ3n) is 4.33. The molecule has 10 heteroatoms. The zero-order valence-corrected chi connectivity index (χ0v) is 16.1. The van der Waals surface area contributed by atoms with E-state index in [1.54, 1.807) is 34.1 Å². The van der Waals surface area contributed by atoms with E-state index in [9.17, 15) is 19.7 Å². The van der Waals surface area contributed by atoms with Crippen LogP contribution in [-0.2, 0) is 0 Å². The Morgan fingerprint density at radius 3 is 2.29 bits per heavy atom. The fourth-order valence-electron chi connectivity index (χ4n) is 2.83. The van der Waals surface area contributed by atoms with E-state index in [4.69, 9.17) is 23.2 Å². The minimum atomic E-state index is -0.562. The number of nitro benzene ring substituents is 1. The van der Waals surface area contributed by atoms with Gasteiger partial charge in [-0.2, -0.15) is 0 Å². The van der Waals surface area contributed by atoms with E-state index in [0.29, 0.717) is 36.8 Å². The lowest BCUT2D eigenvalue weighted by Gasteiger charge is -2.34. The normalized spacial score (nSPS) is 13.9. The Hall–Kier alpha value is -2.84. The highest BCUT2D eigenvalue weighted by Gasteiger charge is 2.25. The van der Waals surface area contributed by atoms with Crippen molar-refractivity contribution in [1.29, 1.82) is 0 Å². The second-order valence-electron chi connectivity index (χ2n) is 6.14. The van der Waals surface area contributed by atoms with E-state index in [1.165, 1.54) is 18.2 Å². The predicted molar refractivity (Wildman–Crippen MR) is 106 cm³/mol. The van der Waals surface area contributed by atoms with Crippen LogP contribution >= 0.6 is 23.2 Å². The van der Waals surface area contributed by atoms with Crippen LogP contribution < -0.4 is 5.32 Å². The van der Waals surface area contributed by atoms with Gasteiger partial charge >= 0.3 is 6.03 Å². The topological polar surface area (TPSA) is 95.8 Å². The van der Waals surface area contributed by atoms with Crippen LogP contribution in [0.1, 0.15) is 10.4 Å². The van der Waals surface area contributed by atoms with Crippen molar-refractivity contribution >= 4 is 46.5 Å². The van der Waals surface area contributed by atoms with Gasteiger partial charge in [0.2, 0.25) is 0 Å². The van der Waals surface area contributed by atoms with E-state index in [-0.39, 0.29) is 28.3 Å². The van der Waals surface area contributed by atoms with Gasteiger partial charge in [0.05, 0.1) is 15.6 Å². The van der Waals surface area contributed by atoms with Crippen molar-refractivity contribution in [2.24, 2.45) is 0 Å². The molecule has 0 aromatic heterocycles. The lowest BCUT2D eigenvalue weighted by Crippen LogP contribution is -2.51. The van der Waals surface area contributed by atoms with Crippen molar-refractivity contribution in [2.45, 2.75) is 0 Å². The fourth-order valence-corrected chi connectivity index (χ4v) is 3.24. The van der Waals surface area contributed by atoms with E-state index >= 15 is 0 Å². The largest absolute Gasteiger partial charge is 0.335 e. The second-order valence-corrected chi connectivity index (χ2v) is 6.98. The van der Waals surface area contributed by atoms with E-state index < -0.39 is 4.92 Å². The molecule has 1 aliphatic rings. The molecule has 1 heterocycles. The lowest BCUT2D eigenvalue weighted by molar-refractivity contribution is -0.384. The first-order valence-electron chi connectivity index (χ1n) is 8.40. The summed E-state index contributed by atoms with van der Waals surface area (Å²) < 4.78 is 0. The molecule has 0 unspecified atom stereocenters. The highest BCUT2D eigenvalue weighted by atomic mass is 35.5. The number of hydrogen-bond donors (Lipinski definition) is 1. The maximum Gasteiger partial charge on any atom is 0.322 e. The van der Waals surface area contributed by atoms with Crippen LogP contribution in [-0.4, -0.2) is 52.8 Å². The summed E-state index contributed by atoms with van der Waals surface area (Å²) in [5.74, 6) is -0.138. The van der Waals surface area contributed by atoms with Crippen molar-refractivity contribution in [1.82, 2.24) is 9.80 Å². The minimum Gasteiger partial charge on any atom is -0.335 e. The third-order valence-corrected chi connectivity index (χ3v) is 4.88. The summed E-state index contributed by atoms with van der Waals surface area (Å²) in [6.07, 6.45) is 0. The molecule has 8 nitrogen and oxygen atoms in total. The Balaban J connectivity index is 1.58. The van der Waals surface area contributed by atoms with Gasteiger partial charge in [0.15, 0.2) is 0 Å². The molecule has 2 aromatic rings. The van der Waals surface area contributed by atoms with Crippen molar-refractivity contribution in [3.8, 4) is 0 Å². The molecule has 1 saturated heterocycles. The van der Waals surface area contributed by atoms with Gasteiger partial charge in [-0.3, -0.25) is 14.9 Å². The van der Waals surface area contributed by atoms with Gasteiger partial charge in [-0.1, -0.05) is 29.3 Å². The number of rotatable bonds is 3. The number of nitrogens with one attached hydrogen (secondary N) is 1. The summed E-state index contributed by atoms with van der Waals surface area (Å²) in [5, 5.41) is 14.0. The number of carbonyl (C=O) groups is 2. The number of halogens is 2. The van der Waals surface area contributed by atoms with Crippen LogP contribution in [0.2, 0.25) is 10.0 Å². The Bertz CT molecular complexity index is 930. The summed E-state index contributed by atoms with van der Waals surface area (Å²) >= 11 is 11.9. The maximum atomic E-state index is 12.5. The van der Waals surface area contributed by atoms with E-state index in [2.05, 4.69) is 5.32 Å². The number of piperazine rings is 1. The number of carbonyl (C=O) groups excluding carboxylic acids is 2. The Kier molecular flexibility index (Phi) is 6.01. The molecule has 0 saturated carbocycles. The molecule has 1 fully saturated rings. The van der Waals surface area contributed by atoms with Crippen LogP contribution in [0.25, 0.3) is 0 Å². The zero-order chi connectivity index (χ0) is 20.3. The molecule has 0 aliphatic carbocycles. The molecule has 0 atom stereocenters. The fraction of sp³-hybridized carbons (Fsp3) is 0.222. The van der Waals surface area contributed by atoms with Gasteiger partial charge in [-0.05, 0) is 24.3 Å². The summed E-state index contributed by atoms with van der Waals surface area (Å²) in [4.78, 5) is 38.4. The first kappa shape index (κ1) is 19.9. The number of urea groups is 1. The molecule has 3 amide bonds. The number of nitrogens with zero attached hydrogens (tertiary/aromatic N) is 3. The van der Waals surface area contributed by atoms with E-state index in [0.717, 1.165) is 0 Å². The van der Waals surface area contributed by atoms with Crippen LogP contribution in [0.3, 0.4) is 0 Å². The molecule has 0 bridgehead atoms. The molecule has 28 heavy (non-hydrogen) atoms. The molecular weight excluding hydrogens is 407 g/mol. The Labute approximate surface area is 170 Å². The van der Waals surface area contributed by atoms with Crippen molar-refractivity contribution in [2.75, 3.05) is 31.5 Å². The highest BCUT2D eigenvalue weighted by Crippen LogP contribution is 2.27. The minimum absolute atomic E-state index is 0.0809. The van der Waals surface area contributed by atoms with Gasteiger partial charge in [0, 0.05) is 48.9 Å². The van der Waals surface area contributed by atoms with Crippen molar-refractivity contribution in [3.05, 3.63) is 68.2 Å². The smallest absolute Gasteiger partial charge is 0.322 e. The molecule has 2 aromatic carbocycles. The lowest BCUT2D eigenvalue weighted by atomic mass is 10.2. The average molecular weight is 423 g/mol. The molecular formula is C18H16Cl2N4O4. The molecule has 3 rings (SSSR count). The number of benzene rings is 2. The Morgan fingerprint density at radius 1 is 1.00 bits per heavy atom. The summed E-state index contributed by atoms with van der Waals surface area (Å²) in [6, 6.07) is 10.2. The van der Waals surface area contributed by atoms with E-state index in [1.807, 2.05) is 0 Å². The van der Waals surface area contributed by atoms with Crippen LogP contribution in [0.15, 0.2) is 42.5 Å². The monoisotopic (exact) mass is 422 g/mol. The summed E-state index contributed by atoms with van der Waals surface area (Å²) in [6.45, 7) is 1.46. The van der Waals surface area contributed by atoms with Crippen molar-refractivity contribution < 1.29 is 14.5 Å². The molecule has 0 radical (unpaired) electrons. The molecule has 1 N–H and O–H groups in total. The number of non-ortho nitro benzene ring substituents is 1. The summed E-state index contributed by atoms with van der Waals surface area (Å²) in [7, 11) is 0. The second kappa shape index (κ2) is 8.45. The van der Waals surface area contributed by atoms with Crippen LogP contribution in [0.4, 0.5) is 16.2 Å². The first-order valence-corrected chi connectivity index (χ1v) is 9.15. The number of nitro groups is 1. The van der Waals surface area contributed by atoms with Crippen LogP contribution in [0, 0.1) is 10.1 Å². The van der Waals surface area contributed by atoms with Gasteiger partial charge < -0.3 is 15.1 Å². The van der Waals surface area contributed by atoms with Crippen molar-refractivity contribution in [3.63, 3.8) is 0 Å². The SMILES string of the molecule is O=C(Nc1ccc([N+](=O)[O-])cc1Cl)N1CCN(C(=O)c2cccc(Cl)c2)CC1. The quantitative estimate of drug-likeness (QED) is 0.599. The molecule has 0 spiro atoms. The number of anilines is 1. The predicted octanol–water partition coefficient (Wildman–Crippen LogP) is 3.89. The van der Waals surface area contributed by atoms with Gasteiger partial charge in [0.25, 0.3) is 11.6 Å². The summed E-state index contributed by atoms with van der Waals surface area (Å²) in [5.41, 5.74) is 0.633. The first-order chi connectivity index (χ1) is 13.3. The van der Waals surface area contributed by atoms with Gasteiger partial charge in [-0.15, -0.1) is 0 Å². The number of amides is 3. The molecule has 1 aliphatic heterocycles. The third kappa shape index (κ3) is 4.52. The standard InChI is InChI=1S/C18H16Cl2N4O4/c19-13-3-1-2-12(10-13)17(25)22-6-8-23(9-7-22)18(26)21-16-5-4-14(24(27)28)11-15(16)20/h1-5,10-11H,6-9H2,(H,21,26).